The van der Waals surface area contributed by atoms with Crippen LogP contribution in [0.1, 0.15) is 29.5 Å². The molecule has 70 heavy (non-hydrogen) atoms. The Balaban J connectivity index is 1.07. The molecule has 3 aromatic carbocycles. The predicted molar refractivity (Wildman–Crippen MR) is 226 cm³/mol. The molecule has 25 nitrogen and oxygen atoms in total. The van der Waals surface area contributed by atoms with Crippen molar-refractivity contribution in [2.45, 2.75) is 130 Å². The van der Waals surface area contributed by atoms with Gasteiger partial charge in [-0.3, -0.25) is 9.59 Å². The molecule has 3 aliphatic rings. The topological polar surface area (TPSA) is 397 Å². The number of aliphatic hydroxyl groups excluding tert-OH is 12. The summed E-state index contributed by atoms with van der Waals surface area (Å²) in [5.41, 5.74) is -1.82. The van der Waals surface area contributed by atoms with Gasteiger partial charge in [0.2, 0.25) is 18.9 Å². The van der Waals surface area contributed by atoms with Crippen LogP contribution in [0.4, 0.5) is 0 Å². The number of hydrogen-bond acceptors (Lipinski definition) is 25. The van der Waals surface area contributed by atoms with E-state index in [0.717, 1.165) is 0 Å². The molecule has 3 aliphatic heterocycles. The Morgan fingerprint density at radius 3 is 0.957 bits per heavy atom. The molecule has 3 heterocycles. The monoisotopic (exact) mass is 996 g/mol. The molecule has 3 aromatic rings. The van der Waals surface area contributed by atoms with E-state index in [2.05, 4.69) is 0 Å². The van der Waals surface area contributed by atoms with Gasteiger partial charge in [0.05, 0.1) is 32.7 Å². The van der Waals surface area contributed by atoms with Crippen molar-refractivity contribution in [3.8, 4) is 17.2 Å². The lowest BCUT2D eigenvalue weighted by Gasteiger charge is -2.39. The van der Waals surface area contributed by atoms with Crippen LogP contribution < -0.4 is 14.2 Å². The number of rotatable bonds is 20. The van der Waals surface area contributed by atoms with Crippen molar-refractivity contribution < 1.29 is 123 Å². The highest BCUT2D eigenvalue weighted by atomic mass is 16.7. The Morgan fingerprint density at radius 1 is 0.414 bits per heavy atom. The van der Waals surface area contributed by atoms with Gasteiger partial charge in [0.25, 0.3) is 0 Å². The maximum Gasteiger partial charge on any atom is 0.339 e. The third-order valence-corrected chi connectivity index (χ3v) is 11.5. The zero-order valence-electron chi connectivity index (χ0n) is 37.0. The molecule has 3 saturated heterocycles. The molecular formula is C45H56O25. The zero-order chi connectivity index (χ0) is 50.9. The molecule has 0 saturated carbocycles. The third-order valence-electron chi connectivity index (χ3n) is 11.5. The quantitative estimate of drug-likeness (QED) is 0.0373. The number of aliphatic hydroxyl groups is 13. The lowest BCUT2D eigenvalue weighted by atomic mass is 9.95. The van der Waals surface area contributed by atoms with Gasteiger partial charge in [0.15, 0.2) is 5.60 Å². The van der Waals surface area contributed by atoms with Gasteiger partial charge < -0.3 is 109 Å². The van der Waals surface area contributed by atoms with Crippen molar-refractivity contribution >= 4 is 17.9 Å². The number of ether oxygens (including phenoxy) is 9. The average molecular weight is 997 g/mol. The van der Waals surface area contributed by atoms with E-state index < -0.39 is 168 Å². The van der Waals surface area contributed by atoms with Crippen molar-refractivity contribution in [3.63, 3.8) is 0 Å². The van der Waals surface area contributed by atoms with E-state index in [0.29, 0.717) is 16.7 Å². The SMILES string of the molecule is O=C(CC(O)(CC(=O)OCc1ccc(O[C@H]2O[C@@H](CO)[C@H](O)[C@@H](O)[C@@H]2O)cc1)C(=O)OCc1ccc(O[C@@H]2O[C@H](CO)[C@@H](O)[C@H](O)[C@@H]2O)cc1)OCc1ccc(O[C@@H]2O[C@H](CO)[C@H](O)[C@H](O)[C@@H]2O)cc1. The highest BCUT2D eigenvalue weighted by Crippen LogP contribution is 2.29. The van der Waals surface area contributed by atoms with Gasteiger partial charge in [-0.25, -0.2) is 4.79 Å². The second-order valence-corrected chi connectivity index (χ2v) is 16.7. The number of esters is 3. The summed E-state index contributed by atoms with van der Waals surface area (Å²) in [4.78, 5) is 39.9. The van der Waals surface area contributed by atoms with Gasteiger partial charge in [-0.1, -0.05) is 36.4 Å². The molecule has 13 N–H and O–H groups in total. The van der Waals surface area contributed by atoms with E-state index in [9.17, 15) is 80.8 Å². The van der Waals surface area contributed by atoms with Crippen LogP contribution in [0.3, 0.4) is 0 Å². The Bertz CT molecular complexity index is 2040. The third kappa shape index (κ3) is 13.4. The minimum atomic E-state index is -2.85. The first-order valence-corrected chi connectivity index (χ1v) is 21.7. The summed E-state index contributed by atoms with van der Waals surface area (Å²) in [7, 11) is 0. The molecule has 0 radical (unpaired) electrons. The normalized spacial score (nSPS) is 31.9. The number of carbonyl (C=O) groups is 3. The van der Waals surface area contributed by atoms with E-state index in [-0.39, 0.29) is 17.2 Å². The van der Waals surface area contributed by atoms with Crippen LogP contribution in [-0.4, -0.2) is 202 Å². The van der Waals surface area contributed by atoms with Crippen LogP contribution in [0.5, 0.6) is 17.2 Å². The molecule has 0 aromatic heterocycles. The second kappa shape index (κ2) is 24.3. The van der Waals surface area contributed by atoms with Crippen LogP contribution in [0.15, 0.2) is 72.8 Å². The molecule has 0 amide bonds. The fourth-order valence-corrected chi connectivity index (χ4v) is 7.29. The first-order chi connectivity index (χ1) is 33.3. The summed E-state index contributed by atoms with van der Waals surface area (Å²) >= 11 is 0. The van der Waals surface area contributed by atoms with Crippen molar-refractivity contribution in [1.29, 1.82) is 0 Å². The largest absolute Gasteiger partial charge is 0.462 e. The molecule has 386 valence electrons. The summed E-state index contributed by atoms with van der Waals surface area (Å²) in [5, 5.41) is 131. The second-order valence-electron chi connectivity index (χ2n) is 16.7. The molecule has 1 unspecified atom stereocenters. The van der Waals surface area contributed by atoms with Crippen molar-refractivity contribution in [2.24, 2.45) is 0 Å². The smallest absolute Gasteiger partial charge is 0.339 e. The summed E-state index contributed by atoms with van der Waals surface area (Å²) in [6.45, 7) is -3.36. The van der Waals surface area contributed by atoms with Crippen molar-refractivity contribution in [1.82, 2.24) is 0 Å². The van der Waals surface area contributed by atoms with E-state index in [4.69, 9.17) is 42.6 Å². The molecule has 0 spiro atoms. The molecule has 3 fully saturated rings. The summed E-state index contributed by atoms with van der Waals surface area (Å²) in [6.07, 6.45) is -25.1. The Kier molecular flexibility index (Phi) is 18.8. The van der Waals surface area contributed by atoms with E-state index in [1.54, 1.807) is 0 Å². The molecule has 25 heteroatoms. The van der Waals surface area contributed by atoms with E-state index in [1.165, 1.54) is 72.8 Å². The number of benzene rings is 3. The molecule has 0 aliphatic carbocycles. The Labute approximate surface area is 397 Å². The van der Waals surface area contributed by atoms with Crippen LogP contribution in [0.25, 0.3) is 0 Å². The van der Waals surface area contributed by atoms with Gasteiger partial charge in [-0.15, -0.1) is 0 Å². The van der Waals surface area contributed by atoms with Crippen LogP contribution in [0, 0.1) is 0 Å². The summed E-state index contributed by atoms with van der Waals surface area (Å²) in [5.74, 6) is -3.41. The molecular weight excluding hydrogens is 940 g/mol. The van der Waals surface area contributed by atoms with Crippen LogP contribution in [-0.2, 0) is 62.6 Å². The maximum atomic E-state index is 13.6. The first-order valence-electron chi connectivity index (χ1n) is 21.7. The average Bonchev–Trinajstić information content (AvgIpc) is 3.35. The molecule has 6 rings (SSSR count). The van der Waals surface area contributed by atoms with Gasteiger partial charge in [-0.2, -0.15) is 0 Å². The van der Waals surface area contributed by atoms with Crippen molar-refractivity contribution in [3.05, 3.63) is 89.5 Å². The summed E-state index contributed by atoms with van der Waals surface area (Å²) < 4.78 is 48.6. The molecule has 0 bridgehead atoms. The van der Waals surface area contributed by atoms with Crippen molar-refractivity contribution in [2.75, 3.05) is 19.8 Å². The van der Waals surface area contributed by atoms with Crippen LogP contribution in [0.2, 0.25) is 0 Å². The molecule has 16 atom stereocenters. The minimum absolute atomic E-state index is 0.0911. The predicted octanol–water partition coefficient (Wildman–Crippen LogP) is -4.74. The summed E-state index contributed by atoms with van der Waals surface area (Å²) in [6, 6.07) is 16.9. The zero-order valence-corrected chi connectivity index (χ0v) is 37.0. The van der Waals surface area contributed by atoms with Crippen LogP contribution >= 0.6 is 0 Å². The highest BCUT2D eigenvalue weighted by molar-refractivity contribution is 5.90. The van der Waals surface area contributed by atoms with Gasteiger partial charge in [-0.05, 0) is 53.1 Å². The van der Waals surface area contributed by atoms with Gasteiger partial charge >= 0.3 is 17.9 Å². The lowest BCUT2D eigenvalue weighted by molar-refractivity contribution is -0.277. The number of carbonyl (C=O) groups excluding carboxylic acids is 3. The van der Waals surface area contributed by atoms with E-state index in [1.807, 2.05) is 0 Å². The minimum Gasteiger partial charge on any atom is -0.462 e. The maximum absolute atomic E-state index is 13.6. The first kappa shape index (κ1) is 54.2. The Hall–Kier alpha value is -5.17. The standard InChI is InChI=1S/C45H56O25/c46-15-27-32(51)35(54)38(57)41(68-27)65-24-7-1-21(2-8-24)18-62-30(49)13-45(61,44(60)64-20-23-5-11-26(12-6-23)67-43-40(59)37(56)34(53)29(17-48)70-43)14-31(50)63-19-22-3-9-25(10-4-22)66-42-39(58)36(55)33(52)28(16-47)69-42/h1-12,27-29,32-43,46-48,51-59,61H,13-20H2/t27-,28+,29-,32+,33+,34-,35+,36-,37+,38+,39+,40+,41-,42+,43-,45?/m1/s1. The lowest BCUT2D eigenvalue weighted by Crippen LogP contribution is -2.60. The fraction of sp³-hybridized carbons (Fsp3) is 0.533. The fourth-order valence-electron chi connectivity index (χ4n) is 7.29. The highest BCUT2D eigenvalue weighted by Gasteiger charge is 2.48. The Morgan fingerprint density at radius 2 is 0.686 bits per heavy atom. The van der Waals surface area contributed by atoms with Gasteiger partial charge in [0.1, 0.15) is 110 Å². The van der Waals surface area contributed by atoms with Gasteiger partial charge in [0, 0.05) is 0 Å². The van der Waals surface area contributed by atoms with E-state index >= 15 is 0 Å². The number of hydrogen-bond donors (Lipinski definition) is 13.